The summed E-state index contributed by atoms with van der Waals surface area (Å²) < 4.78 is 7.30. The summed E-state index contributed by atoms with van der Waals surface area (Å²) in [5, 5.41) is 11.2. The fourth-order valence-corrected chi connectivity index (χ4v) is 2.11. The van der Waals surface area contributed by atoms with Gasteiger partial charge in [0, 0.05) is 0 Å². The monoisotopic (exact) mass is 298 g/mol. The molecule has 3 rings (SSSR count). The lowest BCUT2D eigenvalue weighted by atomic mass is 10.1. The van der Waals surface area contributed by atoms with Gasteiger partial charge in [0.05, 0.1) is 12.5 Å². The lowest BCUT2D eigenvalue weighted by molar-refractivity contribution is 0.573. The van der Waals surface area contributed by atoms with Gasteiger partial charge in [-0.05, 0) is 41.9 Å². The highest BCUT2D eigenvalue weighted by Gasteiger charge is 2.10. The van der Waals surface area contributed by atoms with E-state index in [0.717, 1.165) is 12.0 Å². The van der Waals surface area contributed by atoms with E-state index >= 15 is 0 Å². The van der Waals surface area contributed by atoms with Crippen LogP contribution in [-0.2, 0) is 6.42 Å². The van der Waals surface area contributed by atoms with Crippen molar-refractivity contribution in [2.45, 2.75) is 13.3 Å². The second-order valence-electron chi connectivity index (χ2n) is 4.48. The summed E-state index contributed by atoms with van der Waals surface area (Å²) in [5.41, 5.74) is 2.30. The number of aryl methyl sites for hydroxylation is 1. The van der Waals surface area contributed by atoms with Crippen molar-refractivity contribution >= 4 is 18.4 Å². The van der Waals surface area contributed by atoms with Crippen LogP contribution in [-0.4, -0.2) is 21.1 Å². The first kappa shape index (κ1) is 13.5. The van der Waals surface area contributed by atoms with E-state index in [9.17, 15) is 0 Å². The van der Waals surface area contributed by atoms with Crippen LogP contribution in [0, 0.1) is 4.77 Å². The van der Waals surface area contributed by atoms with E-state index in [2.05, 4.69) is 34.4 Å². The highest BCUT2D eigenvalue weighted by molar-refractivity contribution is 7.71. The average molecular weight is 298 g/mol. The molecule has 5 nitrogen and oxygen atoms in total. The Morgan fingerprint density at radius 3 is 2.81 bits per heavy atom. The third-order valence-corrected chi connectivity index (χ3v) is 3.37. The first-order chi connectivity index (χ1) is 10.3. The number of nitrogens with zero attached hydrogens (tertiary/aromatic N) is 3. The maximum atomic E-state index is 5.33. The molecule has 0 amide bonds. The van der Waals surface area contributed by atoms with E-state index in [0.29, 0.717) is 16.4 Å². The molecule has 0 aliphatic heterocycles. The molecular formula is C15H14N4OS. The maximum Gasteiger partial charge on any atom is 0.219 e. The van der Waals surface area contributed by atoms with Crippen molar-refractivity contribution in [3.05, 3.63) is 58.6 Å². The van der Waals surface area contributed by atoms with Crippen LogP contribution in [0.3, 0.4) is 0 Å². The molecule has 0 unspecified atom stereocenters. The van der Waals surface area contributed by atoms with E-state index in [-0.39, 0.29) is 0 Å². The van der Waals surface area contributed by atoms with Gasteiger partial charge in [-0.1, -0.05) is 31.2 Å². The largest absolute Gasteiger partial charge is 0.461 e. The number of H-pyrrole nitrogens is 1. The normalized spacial score (nSPS) is 11.3. The molecule has 106 valence electrons. The van der Waals surface area contributed by atoms with Crippen molar-refractivity contribution in [3.8, 4) is 11.6 Å². The smallest absolute Gasteiger partial charge is 0.219 e. The van der Waals surface area contributed by atoms with E-state index < -0.39 is 0 Å². The third kappa shape index (κ3) is 2.85. The number of hydrogen-bond donors (Lipinski definition) is 1. The summed E-state index contributed by atoms with van der Waals surface area (Å²) in [6.45, 7) is 2.13. The Morgan fingerprint density at radius 2 is 2.14 bits per heavy atom. The van der Waals surface area contributed by atoms with Gasteiger partial charge in [0.25, 0.3) is 0 Å². The summed E-state index contributed by atoms with van der Waals surface area (Å²) in [6, 6.07) is 11.8. The molecule has 0 radical (unpaired) electrons. The molecule has 21 heavy (non-hydrogen) atoms. The second kappa shape index (κ2) is 5.88. The Hall–Kier alpha value is -2.47. The predicted molar refractivity (Wildman–Crippen MR) is 83.9 cm³/mol. The number of furan rings is 1. The van der Waals surface area contributed by atoms with Gasteiger partial charge in [-0.15, -0.1) is 5.10 Å². The molecule has 0 aliphatic rings. The van der Waals surface area contributed by atoms with Crippen molar-refractivity contribution in [2.75, 3.05) is 0 Å². The fraction of sp³-hybridized carbons (Fsp3) is 0.133. The van der Waals surface area contributed by atoms with Crippen molar-refractivity contribution in [1.29, 1.82) is 0 Å². The van der Waals surface area contributed by atoms with Crippen molar-refractivity contribution in [1.82, 2.24) is 14.9 Å². The van der Waals surface area contributed by atoms with Crippen LogP contribution in [0.25, 0.3) is 11.6 Å². The summed E-state index contributed by atoms with van der Waals surface area (Å²) in [4.78, 5) is 0. The van der Waals surface area contributed by atoms with Gasteiger partial charge in [0.15, 0.2) is 5.76 Å². The zero-order chi connectivity index (χ0) is 14.7. The Bertz CT molecular complexity index is 797. The van der Waals surface area contributed by atoms with Gasteiger partial charge in [-0.3, -0.25) is 0 Å². The number of benzene rings is 1. The molecule has 2 aromatic heterocycles. The van der Waals surface area contributed by atoms with E-state index in [1.54, 1.807) is 23.2 Å². The Kier molecular flexibility index (Phi) is 3.79. The quantitative estimate of drug-likeness (QED) is 0.591. The van der Waals surface area contributed by atoms with E-state index in [1.165, 1.54) is 5.56 Å². The van der Waals surface area contributed by atoms with Crippen LogP contribution in [0.2, 0.25) is 0 Å². The first-order valence-electron chi connectivity index (χ1n) is 6.62. The summed E-state index contributed by atoms with van der Waals surface area (Å²) >= 11 is 5.19. The SMILES string of the molecule is CCc1ccc(C=Nn2c(-c3ccco3)n[nH]c2=S)cc1. The second-order valence-corrected chi connectivity index (χ2v) is 4.87. The van der Waals surface area contributed by atoms with Crippen LogP contribution < -0.4 is 0 Å². The van der Waals surface area contributed by atoms with Gasteiger partial charge in [-0.2, -0.15) is 9.78 Å². The van der Waals surface area contributed by atoms with Crippen molar-refractivity contribution in [3.63, 3.8) is 0 Å². The Balaban J connectivity index is 1.92. The molecule has 3 aromatic rings. The standard InChI is InChI=1S/C15H14N4OS/c1-2-11-5-7-12(8-6-11)10-16-19-14(17-18-15(19)21)13-4-3-9-20-13/h3-10H,2H2,1H3,(H,18,21). The lowest BCUT2D eigenvalue weighted by Crippen LogP contribution is -1.94. The third-order valence-electron chi connectivity index (χ3n) is 3.10. The summed E-state index contributed by atoms with van der Waals surface area (Å²) in [6.07, 6.45) is 4.36. The fourth-order valence-electron chi connectivity index (χ4n) is 1.93. The zero-order valence-corrected chi connectivity index (χ0v) is 12.3. The molecule has 1 N–H and O–H groups in total. The molecule has 0 saturated carbocycles. The van der Waals surface area contributed by atoms with Gasteiger partial charge in [-0.25, -0.2) is 5.10 Å². The predicted octanol–water partition coefficient (Wildman–Crippen LogP) is 3.65. The van der Waals surface area contributed by atoms with Crippen LogP contribution in [0.1, 0.15) is 18.1 Å². The topological polar surface area (TPSA) is 59.1 Å². The van der Waals surface area contributed by atoms with E-state index in [1.807, 2.05) is 18.2 Å². The molecule has 0 saturated heterocycles. The zero-order valence-electron chi connectivity index (χ0n) is 11.5. The van der Waals surface area contributed by atoms with Crippen molar-refractivity contribution < 1.29 is 4.42 Å². The average Bonchev–Trinajstić information content (AvgIpc) is 3.15. The summed E-state index contributed by atoms with van der Waals surface area (Å²) in [5.74, 6) is 1.16. The molecule has 2 heterocycles. The van der Waals surface area contributed by atoms with Gasteiger partial charge in [0.2, 0.25) is 10.6 Å². The number of nitrogens with one attached hydrogen (secondary N) is 1. The Morgan fingerprint density at radius 1 is 1.33 bits per heavy atom. The molecule has 0 fully saturated rings. The Labute approximate surface area is 126 Å². The first-order valence-corrected chi connectivity index (χ1v) is 7.03. The van der Waals surface area contributed by atoms with Gasteiger partial charge in [0.1, 0.15) is 0 Å². The number of aromatic amines is 1. The lowest BCUT2D eigenvalue weighted by Gasteiger charge is -1.99. The number of rotatable bonds is 4. The molecule has 0 atom stereocenters. The maximum absolute atomic E-state index is 5.33. The van der Waals surface area contributed by atoms with Crippen LogP contribution in [0.5, 0.6) is 0 Å². The number of hydrogen-bond acceptors (Lipinski definition) is 4. The minimum Gasteiger partial charge on any atom is -0.461 e. The summed E-state index contributed by atoms with van der Waals surface area (Å²) in [7, 11) is 0. The molecule has 0 bridgehead atoms. The molecule has 6 heteroatoms. The molecular weight excluding hydrogens is 284 g/mol. The van der Waals surface area contributed by atoms with Gasteiger partial charge < -0.3 is 4.42 Å². The molecule has 0 aliphatic carbocycles. The van der Waals surface area contributed by atoms with E-state index in [4.69, 9.17) is 16.6 Å². The van der Waals surface area contributed by atoms with Crippen LogP contribution in [0.15, 0.2) is 52.2 Å². The van der Waals surface area contributed by atoms with Crippen LogP contribution in [0.4, 0.5) is 0 Å². The minimum atomic E-state index is 0.419. The highest BCUT2D eigenvalue weighted by Crippen LogP contribution is 2.17. The molecule has 1 aromatic carbocycles. The highest BCUT2D eigenvalue weighted by atomic mass is 32.1. The van der Waals surface area contributed by atoms with Crippen molar-refractivity contribution in [2.24, 2.45) is 5.10 Å². The van der Waals surface area contributed by atoms with Gasteiger partial charge >= 0.3 is 0 Å². The minimum absolute atomic E-state index is 0.419. The molecule has 0 spiro atoms. The van der Waals surface area contributed by atoms with Crippen LogP contribution >= 0.6 is 12.2 Å². The number of aromatic nitrogens is 3.